The Hall–Kier alpha value is -2.34. The third-order valence-corrected chi connectivity index (χ3v) is 4.36. The molecule has 1 aliphatic rings. The molecule has 122 valence electrons. The Kier molecular flexibility index (Phi) is 4.09. The molecule has 23 heavy (non-hydrogen) atoms. The van der Waals surface area contributed by atoms with E-state index in [2.05, 4.69) is 10.4 Å². The topological polar surface area (TPSA) is 76.4 Å². The summed E-state index contributed by atoms with van der Waals surface area (Å²) >= 11 is 0. The predicted octanol–water partition coefficient (Wildman–Crippen LogP) is 1.77. The molecule has 1 atom stereocenters. The Morgan fingerprint density at radius 1 is 1.39 bits per heavy atom. The molecule has 1 unspecified atom stereocenters. The van der Waals surface area contributed by atoms with Gasteiger partial charge in [0.2, 0.25) is 0 Å². The molecule has 1 aromatic carbocycles. The number of nitrogens with zero attached hydrogens (tertiary/aromatic N) is 2. The molecule has 1 amide bonds. The van der Waals surface area contributed by atoms with Gasteiger partial charge >= 0.3 is 0 Å². The normalized spacial score (nSPS) is 16.7. The molecule has 0 radical (unpaired) electrons. The van der Waals surface area contributed by atoms with Crippen LogP contribution in [0.2, 0.25) is 0 Å². The van der Waals surface area contributed by atoms with E-state index in [1.54, 1.807) is 24.1 Å². The summed E-state index contributed by atoms with van der Waals surface area (Å²) in [6.07, 6.45) is 3.82. The van der Waals surface area contributed by atoms with Crippen molar-refractivity contribution in [1.82, 2.24) is 15.1 Å². The zero-order valence-corrected chi connectivity index (χ0v) is 13.3. The number of aliphatic hydroxyl groups excluding tert-OH is 1. The van der Waals surface area contributed by atoms with Crippen LogP contribution in [0, 0.1) is 5.92 Å². The number of carbonyl (C=O) groups excluding carboxylic acids is 1. The minimum atomic E-state index is -0.568. The summed E-state index contributed by atoms with van der Waals surface area (Å²) in [6.45, 7) is 1.81. The first-order chi connectivity index (χ1) is 11.1. The molecule has 3 rings (SSSR count). The fraction of sp³-hybridized carbons (Fsp3) is 0.412. The van der Waals surface area contributed by atoms with Crippen molar-refractivity contribution in [2.75, 3.05) is 13.7 Å². The fourth-order valence-corrected chi connectivity index (χ4v) is 2.64. The number of benzene rings is 1. The van der Waals surface area contributed by atoms with Crippen molar-refractivity contribution < 1.29 is 14.6 Å². The van der Waals surface area contributed by atoms with E-state index in [9.17, 15) is 9.90 Å². The van der Waals surface area contributed by atoms with Gasteiger partial charge < -0.3 is 15.2 Å². The highest BCUT2D eigenvalue weighted by Crippen LogP contribution is 2.39. The van der Waals surface area contributed by atoms with Gasteiger partial charge in [0.15, 0.2) is 5.69 Å². The molecule has 2 N–H and O–H groups in total. The number of amides is 1. The zero-order chi connectivity index (χ0) is 16.4. The van der Waals surface area contributed by atoms with Crippen molar-refractivity contribution >= 4 is 5.91 Å². The van der Waals surface area contributed by atoms with Crippen molar-refractivity contribution in [3.8, 4) is 11.4 Å². The van der Waals surface area contributed by atoms with Crippen LogP contribution >= 0.6 is 0 Å². The second-order valence-electron chi connectivity index (χ2n) is 6.15. The number of aliphatic hydroxyl groups is 1. The van der Waals surface area contributed by atoms with Crippen LogP contribution in [0.1, 0.15) is 30.3 Å². The Labute approximate surface area is 135 Å². The van der Waals surface area contributed by atoms with Crippen molar-refractivity contribution in [2.45, 2.75) is 25.3 Å². The third kappa shape index (κ3) is 3.22. The first-order valence-corrected chi connectivity index (χ1v) is 7.69. The van der Waals surface area contributed by atoms with Crippen LogP contribution in [-0.4, -0.2) is 40.0 Å². The van der Waals surface area contributed by atoms with Gasteiger partial charge in [0.05, 0.1) is 24.9 Å². The van der Waals surface area contributed by atoms with E-state index >= 15 is 0 Å². The lowest BCUT2D eigenvalue weighted by Gasteiger charge is -2.28. The van der Waals surface area contributed by atoms with Crippen molar-refractivity contribution in [2.24, 2.45) is 5.92 Å². The van der Waals surface area contributed by atoms with Gasteiger partial charge in [0.25, 0.3) is 5.91 Å². The van der Waals surface area contributed by atoms with Gasteiger partial charge in [-0.2, -0.15) is 5.10 Å². The standard InChI is InChI=1S/C17H21N3O3/c1-17(11-21,12-3-4-12)18-16(22)15-9-10-20(19-15)13-5-7-14(23-2)8-6-13/h5-10,12,21H,3-4,11H2,1-2H3,(H,18,22). The van der Waals surface area contributed by atoms with E-state index in [4.69, 9.17) is 4.74 Å². The van der Waals surface area contributed by atoms with Crippen LogP contribution in [-0.2, 0) is 0 Å². The van der Waals surface area contributed by atoms with Gasteiger partial charge in [-0.25, -0.2) is 4.68 Å². The first kappa shape index (κ1) is 15.6. The van der Waals surface area contributed by atoms with E-state index in [1.165, 1.54) is 0 Å². The third-order valence-electron chi connectivity index (χ3n) is 4.36. The number of nitrogens with one attached hydrogen (secondary N) is 1. The van der Waals surface area contributed by atoms with Gasteiger partial charge in [-0.1, -0.05) is 0 Å². The molecule has 1 aliphatic carbocycles. The summed E-state index contributed by atoms with van der Waals surface area (Å²) in [5, 5.41) is 16.8. The van der Waals surface area contributed by atoms with Gasteiger partial charge in [0.1, 0.15) is 5.75 Å². The summed E-state index contributed by atoms with van der Waals surface area (Å²) in [5.74, 6) is 0.850. The maximum Gasteiger partial charge on any atom is 0.272 e. The minimum Gasteiger partial charge on any atom is -0.497 e. The molecule has 6 heteroatoms. The second kappa shape index (κ2) is 6.04. The fourth-order valence-electron chi connectivity index (χ4n) is 2.64. The average molecular weight is 315 g/mol. The highest BCUT2D eigenvalue weighted by molar-refractivity contribution is 5.92. The Bertz CT molecular complexity index is 691. The summed E-state index contributed by atoms with van der Waals surface area (Å²) in [4.78, 5) is 12.4. The quantitative estimate of drug-likeness (QED) is 0.852. The van der Waals surface area contributed by atoms with Gasteiger partial charge in [-0.15, -0.1) is 0 Å². The van der Waals surface area contributed by atoms with E-state index < -0.39 is 5.54 Å². The molecule has 0 saturated heterocycles. The van der Waals surface area contributed by atoms with E-state index in [0.29, 0.717) is 11.6 Å². The maximum atomic E-state index is 12.4. The number of hydrogen-bond donors (Lipinski definition) is 2. The van der Waals surface area contributed by atoms with Crippen molar-refractivity contribution in [1.29, 1.82) is 0 Å². The van der Waals surface area contributed by atoms with E-state index in [-0.39, 0.29) is 12.5 Å². The van der Waals surface area contributed by atoms with E-state index in [0.717, 1.165) is 24.3 Å². The molecule has 1 heterocycles. The molecule has 2 aromatic rings. The summed E-state index contributed by atoms with van der Waals surface area (Å²) in [5.41, 5.74) is 0.610. The SMILES string of the molecule is COc1ccc(-n2ccc(C(=O)NC(C)(CO)C3CC3)n2)cc1. The summed E-state index contributed by atoms with van der Waals surface area (Å²) < 4.78 is 6.77. The van der Waals surface area contributed by atoms with Crippen LogP contribution in [0.4, 0.5) is 0 Å². The lowest BCUT2D eigenvalue weighted by molar-refractivity contribution is 0.0819. The van der Waals surface area contributed by atoms with Gasteiger partial charge in [0, 0.05) is 6.20 Å². The minimum absolute atomic E-state index is 0.0669. The number of methoxy groups -OCH3 is 1. The van der Waals surface area contributed by atoms with E-state index in [1.807, 2.05) is 31.2 Å². The van der Waals surface area contributed by atoms with Gasteiger partial charge in [-0.3, -0.25) is 4.79 Å². The lowest BCUT2D eigenvalue weighted by atomic mass is 9.97. The molecule has 6 nitrogen and oxygen atoms in total. The average Bonchev–Trinajstić information content (AvgIpc) is 3.32. The second-order valence-corrected chi connectivity index (χ2v) is 6.15. The molecule has 0 bridgehead atoms. The van der Waals surface area contributed by atoms with Crippen LogP contribution < -0.4 is 10.1 Å². The molecule has 0 aliphatic heterocycles. The van der Waals surface area contributed by atoms with Crippen LogP contribution in [0.5, 0.6) is 5.75 Å². The van der Waals surface area contributed by atoms with Gasteiger partial charge in [-0.05, 0) is 56.0 Å². The summed E-state index contributed by atoms with van der Waals surface area (Å²) in [7, 11) is 1.61. The Morgan fingerprint density at radius 2 is 2.09 bits per heavy atom. The number of rotatable bonds is 6. The van der Waals surface area contributed by atoms with Crippen LogP contribution in [0.3, 0.4) is 0 Å². The zero-order valence-electron chi connectivity index (χ0n) is 13.3. The van der Waals surface area contributed by atoms with Crippen molar-refractivity contribution in [3.63, 3.8) is 0 Å². The molecular weight excluding hydrogens is 294 g/mol. The van der Waals surface area contributed by atoms with Crippen LogP contribution in [0.15, 0.2) is 36.5 Å². The predicted molar refractivity (Wildman–Crippen MR) is 85.8 cm³/mol. The molecule has 1 aromatic heterocycles. The molecule has 0 spiro atoms. The highest BCUT2D eigenvalue weighted by Gasteiger charge is 2.42. The number of hydrogen-bond acceptors (Lipinski definition) is 4. The number of ether oxygens (including phenoxy) is 1. The Morgan fingerprint density at radius 3 is 2.65 bits per heavy atom. The largest absolute Gasteiger partial charge is 0.497 e. The number of aromatic nitrogens is 2. The monoisotopic (exact) mass is 315 g/mol. The molecular formula is C17H21N3O3. The Balaban J connectivity index is 1.74. The van der Waals surface area contributed by atoms with Crippen molar-refractivity contribution in [3.05, 3.63) is 42.2 Å². The molecule has 1 fully saturated rings. The lowest BCUT2D eigenvalue weighted by Crippen LogP contribution is -2.50. The smallest absolute Gasteiger partial charge is 0.272 e. The van der Waals surface area contributed by atoms with Crippen LogP contribution in [0.25, 0.3) is 5.69 Å². The highest BCUT2D eigenvalue weighted by atomic mass is 16.5. The summed E-state index contributed by atoms with van der Waals surface area (Å²) in [6, 6.07) is 9.09. The number of carbonyl (C=O) groups is 1. The first-order valence-electron chi connectivity index (χ1n) is 7.69. The maximum absolute atomic E-state index is 12.4. The molecule has 1 saturated carbocycles.